The fourth-order valence-corrected chi connectivity index (χ4v) is 3.79. The molecule has 146 valence electrons. The molecule has 1 N–H and O–H groups in total. The standard InChI is InChI=1S/C22H32N4O/c1-17(2)19-6-4-18(5-7-19)14-25-10-12-26(13-11-25)15-21(27)24-22(3,16-23)20-8-9-20/h4-7,17,20H,8-15H2,1-3H3,(H,24,27)/t22-/m0/s1. The van der Waals surface area contributed by atoms with Crippen molar-refractivity contribution >= 4 is 5.91 Å². The predicted octanol–water partition coefficient (Wildman–Crippen LogP) is 2.74. The van der Waals surface area contributed by atoms with Crippen molar-refractivity contribution in [3.8, 4) is 6.07 Å². The zero-order valence-electron chi connectivity index (χ0n) is 16.9. The van der Waals surface area contributed by atoms with E-state index in [0.29, 0.717) is 18.4 Å². The second-order valence-corrected chi connectivity index (χ2v) is 8.59. The summed E-state index contributed by atoms with van der Waals surface area (Å²) in [5.41, 5.74) is 2.03. The number of nitrogens with one attached hydrogen (secondary N) is 1. The van der Waals surface area contributed by atoms with Crippen LogP contribution in [-0.2, 0) is 11.3 Å². The van der Waals surface area contributed by atoms with Crippen LogP contribution >= 0.6 is 0 Å². The summed E-state index contributed by atoms with van der Waals surface area (Å²) in [5, 5.41) is 12.4. The van der Waals surface area contributed by atoms with Gasteiger partial charge in [-0.3, -0.25) is 14.6 Å². The highest BCUT2D eigenvalue weighted by Crippen LogP contribution is 2.39. The molecule has 1 heterocycles. The van der Waals surface area contributed by atoms with Gasteiger partial charge in [-0.25, -0.2) is 0 Å². The molecule has 5 nitrogen and oxygen atoms in total. The molecule has 1 aliphatic carbocycles. The third-order valence-electron chi connectivity index (χ3n) is 5.91. The van der Waals surface area contributed by atoms with Crippen molar-refractivity contribution in [2.75, 3.05) is 32.7 Å². The molecule has 1 saturated carbocycles. The van der Waals surface area contributed by atoms with Crippen LogP contribution in [0.2, 0.25) is 0 Å². The summed E-state index contributed by atoms with van der Waals surface area (Å²) in [6.07, 6.45) is 2.09. The number of carbonyl (C=O) groups excluding carboxylic acids is 1. The third-order valence-corrected chi connectivity index (χ3v) is 5.91. The molecular weight excluding hydrogens is 336 g/mol. The first-order chi connectivity index (χ1) is 12.9. The molecule has 1 aliphatic heterocycles. The quantitative estimate of drug-likeness (QED) is 0.804. The van der Waals surface area contributed by atoms with Gasteiger partial charge in [0.1, 0.15) is 5.54 Å². The summed E-state index contributed by atoms with van der Waals surface area (Å²) in [5.74, 6) is 0.866. The summed E-state index contributed by atoms with van der Waals surface area (Å²) in [6, 6.07) is 11.2. The van der Waals surface area contributed by atoms with Gasteiger partial charge in [0.05, 0.1) is 12.6 Å². The minimum Gasteiger partial charge on any atom is -0.337 e. The predicted molar refractivity (Wildman–Crippen MR) is 107 cm³/mol. The first-order valence-electron chi connectivity index (χ1n) is 10.2. The summed E-state index contributed by atoms with van der Waals surface area (Å²) in [4.78, 5) is 17.0. The number of piperazine rings is 1. The Morgan fingerprint density at radius 1 is 1.19 bits per heavy atom. The lowest BCUT2D eigenvalue weighted by Gasteiger charge is -2.35. The van der Waals surface area contributed by atoms with E-state index in [1.807, 2.05) is 6.92 Å². The van der Waals surface area contributed by atoms with E-state index in [1.165, 1.54) is 11.1 Å². The number of carbonyl (C=O) groups is 1. The first kappa shape index (κ1) is 19.9. The van der Waals surface area contributed by atoms with E-state index in [-0.39, 0.29) is 5.91 Å². The molecule has 2 aliphatic rings. The molecule has 0 unspecified atom stereocenters. The van der Waals surface area contributed by atoms with E-state index in [2.05, 4.69) is 59.3 Å². The zero-order valence-corrected chi connectivity index (χ0v) is 16.9. The molecular formula is C22H32N4O. The SMILES string of the molecule is CC(C)c1ccc(CN2CCN(CC(=O)N[C@@](C)(C#N)C3CC3)CC2)cc1. The van der Waals surface area contributed by atoms with Gasteiger partial charge >= 0.3 is 0 Å². The molecule has 1 saturated heterocycles. The molecule has 0 bridgehead atoms. The van der Waals surface area contributed by atoms with E-state index in [4.69, 9.17) is 0 Å². The Morgan fingerprint density at radius 2 is 1.78 bits per heavy atom. The van der Waals surface area contributed by atoms with Gasteiger partial charge in [0.25, 0.3) is 0 Å². The summed E-state index contributed by atoms with van der Waals surface area (Å²) >= 11 is 0. The van der Waals surface area contributed by atoms with E-state index in [1.54, 1.807) is 0 Å². The van der Waals surface area contributed by atoms with Crippen molar-refractivity contribution in [1.82, 2.24) is 15.1 Å². The Balaban J connectivity index is 1.42. The highest BCUT2D eigenvalue weighted by molar-refractivity contribution is 5.79. The van der Waals surface area contributed by atoms with Gasteiger partial charge in [-0.15, -0.1) is 0 Å². The molecule has 27 heavy (non-hydrogen) atoms. The highest BCUT2D eigenvalue weighted by atomic mass is 16.2. The van der Waals surface area contributed by atoms with E-state index in [0.717, 1.165) is 45.6 Å². The maximum atomic E-state index is 12.4. The van der Waals surface area contributed by atoms with Crippen LogP contribution in [0, 0.1) is 17.2 Å². The van der Waals surface area contributed by atoms with Crippen LogP contribution in [0.3, 0.4) is 0 Å². The van der Waals surface area contributed by atoms with Gasteiger partial charge < -0.3 is 5.32 Å². The molecule has 1 amide bonds. The normalized spacial score (nSPS) is 20.9. The number of hydrogen-bond acceptors (Lipinski definition) is 4. The van der Waals surface area contributed by atoms with E-state index < -0.39 is 5.54 Å². The summed E-state index contributed by atoms with van der Waals surface area (Å²) in [7, 11) is 0. The van der Waals surface area contributed by atoms with Crippen LogP contribution in [0.1, 0.15) is 50.7 Å². The van der Waals surface area contributed by atoms with Gasteiger partial charge in [-0.1, -0.05) is 38.1 Å². The number of benzene rings is 1. The second kappa shape index (κ2) is 8.41. The number of rotatable bonds is 7. The van der Waals surface area contributed by atoms with Crippen molar-refractivity contribution in [3.05, 3.63) is 35.4 Å². The third kappa shape index (κ3) is 5.31. The van der Waals surface area contributed by atoms with Crippen LogP contribution in [0.5, 0.6) is 0 Å². The van der Waals surface area contributed by atoms with Gasteiger partial charge in [0.15, 0.2) is 0 Å². The minimum atomic E-state index is -0.693. The molecule has 1 aromatic rings. The fraction of sp³-hybridized carbons (Fsp3) is 0.636. The Hall–Kier alpha value is -1.90. The number of nitrogens with zero attached hydrogens (tertiary/aromatic N) is 3. The van der Waals surface area contributed by atoms with Crippen LogP contribution in [0.4, 0.5) is 0 Å². The Kier molecular flexibility index (Phi) is 6.18. The van der Waals surface area contributed by atoms with Crippen LogP contribution in [0.25, 0.3) is 0 Å². The van der Waals surface area contributed by atoms with Gasteiger partial charge in [0.2, 0.25) is 5.91 Å². The maximum absolute atomic E-state index is 12.4. The Morgan fingerprint density at radius 3 is 2.30 bits per heavy atom. The van der Waals surface area contributed by atoms with Crippen molar-refractivity contribution < 1.29 is 4.79 Å². The smallest absolute Gasteiger partial charge is 0.235 e. The van der Waals surface area contributed by atoms with Crippen molar-refractivity contribution in [3.63, 3.8) is 0 Å². The zero-order chi connectivity index (χ0) is 19.4. The topological polar surface area (TPSA) is 59.4 Å². The molecule has 3 rings (SSSR count). The average Bonchev–Trinajstić information content (AvgIpc) is 3.49. The van der Waals surface area contributed by atoms with Crippen LogP contribution in [-0.4, -0.2) is 54.0 Å². The van der Waals surface area contributed by atoms with Crippen LogP contribution in [0.15, 0.2) is 24.3 Å². The summed E-state index contributed by atoms with van der Waals surface area (Å²) in [6.45, 7) is 11.4. The minimum absolute atomic E-state index is 0.0244. The molecule has 2 fully saturated rings. The Bertz CT molecular complexity index is 681. The molecule has 1 aromatic carbocycles. The van der Waals surface area contributed by atoms with Gasteiger partial charge in [0, 0.05) is 32.7 Å². The first-order valence-corrected chi connectivity index (χ1v) is 10.2. The lowest BCUT2D eigenvalue weighted by atomic mass is 9.98. The average molecular weight is 369 g/mol. The number of hydrogen-bond donors (Lipinski definition) is 1. The second-order valence-electron chi connectivity index (χ2n) is 8.59. The van der Waals surface area contributed by atoms with E-state index in [9.17, 15) is 10.1 Å². The number of nitriles is 1. The Labute approximate surface area is 163 Å². The van der Waals surface area contributed by atoms with Gasteiger partial charge in [-0.2, -0.15) is 5.26 Å². The molecule has 0 radical (unpaired) electrons. The molecule has 1 atom stereocenters. The van der Waals surface area contributed by atoms with Crippen molar-refractivity contribution in [2.24, 2.45) is 5.92 Å². The largest absolute Gasteiger partial charge is 0.337 e. The lowest BCUT2D eigenvalue weighted by Crippen LogP contribution is -2.53. The molecule has 0 aromatic heterocycles. The number of amides is 1. The van der Waals surface area contributed by atoms with E-state index >= 15 is 0 Å². The van der Waals surface area contributed by atoms with Crippen molar-refractivity contribution in [1.29, 1.82) is 5.26 Å². The van der Waals surface area contributed by atoms with Crippen LogP contribution < -0.4 is 5.32 Å². The monoisotopic (exact) mass is 368 g/mol. The lowest BCUT2D eigenvalue weighted by molar-refractivity contribution is -0.124. The maximum Gasteiger partial charge on any atom is 0.235 e. The molecule has 5 heteroatoms. The summed E-state index contributed by atoms with van der Waals surface area (Å²) < 4.78 is 0. The fourth-order valence-electron chi connectivity index (χ4n) is 3.79. The highest BCUT2D eigenvalue weighted by Gasteiger charge is 2.43. The van der Waals surface area contributed by atoms with Gasteiger partial charge in [-0.05, 0) is 42.7 Å². The molecule has 0 spiro atoms. The van der Waals surface area contributed by atoms with Crippen molar-refractivity contribution in [2.45, 2.75) is 51.6 Å².